The maximum atomic E-state index is 3.44. The van der Waals surface area contributed by atoms with Crippen LogP contribution in [0.5, 0.6) is 0 Å². The SMILES string of the molecule is CC(=CCCBr)Cc1ccc(C(C)C)cc1. The van der Waals surface area contributed by atoms with Crippen LogP contribution in [0.2, 0.25) is 0 Å². The van der Waals surface area contributed by atoms with Crippen LogP contribution in [0.25, 0.3) is 0 Å². The van der Waals surface area contributed by atoms with Crippen molar-refractivity contribution in [1.82, 2.24) is 0 Å². The van der Waals surface area contributed by atoms with Gasteiger partial charge >= 0.3 is 0 Å². The lowest BCUT2D eigenvalue weighted by molar-refractivity contribution is 0.865. The maximum absolute atomic E-state index is 3.44. The third-order valence-electron chi connectivity index (χ3n) is 2.73. The first-order valence-electron chi connectivity index (χ1n) is 5.94. The van der Waals surface area contributed by atoms with E-state index in [0.717, 1.165) is 18.2 Å². The minimum absolute atomic E-state index is 0.624. The van der Waals surface area contributed by atoms with E-state index in [1.807, 2.05) is 0 Å². The molecule has 1 aromatic carbocycles. The Hall–Kier alpha value is -0.560. The lowest BCUT2D eigenvalue weighted by Gasteiger charge is -2.07. The van der Waals surface area contributed by atoms with E-state index in [0.29, 0.717) is 5.92 Å². The largest absolute Gasteiger partial charge is 0.0925 e. The lowest BCUT2D eigenvalue weighted by Crippen LogP contribution is -1.90. The van der Waals surface area contributed by atoms with E-state index in [2.05, 4.69) is 67.0 Å². The van der Waals surface area contributed by atoms with Gasteiger partial charge in [0.1, 0.15) is 0 Å². The Morgan fingerprint density at radius 3 is 2.38 bits per heavy atom. The summed E-state index contributed by atoms with van der Waals surface area (Å²) in [6.07, 6.45) is 4.51. The predicted molar refractivity (Wildman–Crippen MR) is 76.4 cm³/mol. The van der Waals surface area contributed by atoms with Crippen molar-refractivity contribution in [2.45, 2.75) is 39.5 Å². The zero-order chi connectivity index (χ0) is 12.0. The Morgan fingerprint density at radius 2 is 1.88 bits per heavy atom. The zero-order valence-electron chi connectivity index (χ0n) is 10.5. The summed E-state index contributed by atoms with van der Waals surface area (Å²) in [6, 6.07) is 9.00. The monoisotopic (exact) mass is 280 g/mol. The molecule has 0 fully saturated rings. The molecule has 0 nitrogen and oxygen atoms in total. The van der Waals surface area contributed by atoms with Crippen molar-refractivity contribution in [1.29, 1.82) is 0 Å². The standard InChI is InChI=1S/C15H21Br/c1-12(2)15-8-6-14(7-9-15)11-13(3)5-4-10-16/h5-9,12H,4,10-11H2,1-3H3. The Bertz CT molecular complexity index is 333. The van der Waals surface area contributed by atoms with Crippen LogP contribution in [-0.4, -0.2) is 5.33 Å². The van der Waals surface area contributed by atoms with Gasteiger partial charge < -0.3 is 0 Å². The average molecular weight is 281 g/mol. The fourth-order valence-corrected chi connectivity index (χ4v) is 1.94. The smallest absolute Gasteiger partial charge is 0.00660 e. The van der Waals surface area contributed by atoms with Gasteiger partial charge in [-0.3, -0.25) is 0 Å². The molecule has 1 rings (SSSR count). The van der Waals surface area contributed by atoms with Crippen LogP contribution in [0, 0.1) is 0 Å². The molecular formula is C15H21Br. The third-order valence-corrected chi connectivity index (χ3v) is 3.19. The molecule has 0 atom stereocenters. The van der Waals surface area contributed by atoms with Crippen molar-refractivity contribution in [2.24, 2.45) is 0 Å². The van der Waals surface area contributed by atoms with Crippen LogP contribution in [0.4, 0.5) is 0 Å². The molecule has 0 aliphatic heterocycles. The Labute approximate surface area is 108 Å². The summed E-state index contributed by atoms with van der Waals surface area (Å²) in [7, 11) is 0. The lowest BCUT2D eigenvalue weighted by atomic mass is 9.99. The van der Waals surface area contributed by atoms with Crippen molar-refractivity contribution >= 4 is 15.9 Å². The second-order valence-electron chi connectivity index (χ2n) is 4.60. The molecule has 0 saturated heterocycles. The molecule has 0 saturated carbocycles. The van der Waals surface area contributed by atoms with Crippen molar-refractivity contribution in [3.05, 3.63) is 47.0 Å². The number of benzene rings is 1. The molecule has 0 amide bonds. The first kappa shape index (κ1) is 13.5. The second-order valence-corrected chi connectivity index (χ2v) is 5.39. The van der Waals surface area contributed by atoms with Gasteiger partial charge in [-0.25, -0.2) is 0 Å². The highest BCUT2D eigenvalue weighted by Crippen LogP contribution is 2.16. The quantitative estimate of drug-likeness (QED) is 0.521. The number of hydrogen-bond donors (Lipinski definition) is 0. The molecule has 0 aromatic heterocycles. The third kappa shape index (κ3) is 4.52. The topological polar surface area (TPSA) is 0 Å². The fraction of sp³-hybridized carbons (Fsp3) is 0.467. The molecule has 0 N–H and O–H groups in total. The minimum atomic E-state index is 0.624. The van der Waals surface area contributed by atoms with E-state index in [1.54, 1.807) is 0 Å². The second kappa shape index (κ2) is 6.90. The molecular weight excluding hydrogens is 260 g/mol. The van der Waals surface area contributed by atoms with Gasteiger partial charge in [0.05, 0.1) is 0 Å². The van der Waals surface area contributed by atoms with Crippen LogP contribution in [-0.2, 0) is 6.42 Å². The molecule has 0 radical (unpaired) electrons. The van der Waals surface area contributed by atoms with Crippen LogP contribution in [0.15, 0.2) is 35.9 Å². The molecule has 0 aliphatic carbocycles. The van der Waals surface area contributed by atoms with Gasteiger partial charge in [-0.15, -0.1) is 0 Å². The van der Waals surface area contributed by atoms with Gasteiger partial charge in [-0.2, -0.15) is 0 Å². The molecule has 0 heterocycles. The molecule has 0 unspecified atom stereocenters. The van der Waals surface area contributed by atoms with E-state index in [9.17, 15) is 0 Å². The maximum Gasteiger partial charge on any atom is 0.00660 e. The minimum Gasteiger partial charge on any atom is -0.0925 e. The Balaban J connectivity index is 2.61. The van der Waals surface area contributed by atoms with Gasteiger partial charge in [0.15, 0.2) is 0 Å². The van der Waals surface area contributed by atoms with Gasteiger partial charge in [-0.05, 0) is 36.8 Å². The van der Waals surface area contributed by atoms with Crippen LogP contribution < -0.4 is 0 Å². The summed E-state index contributed by atoms with van der Waals surface area (Å²) in [6.45, 7) is 6.67. The van der Waals surface area contributed by atoms with Crippen molar-refractivity contribution in [2.75, 3.05) is 5.33 Å². The molecule has 1 aromatic rings. The average Bonchev–Trinajstić information content (AvgIpc) is 2.27. The van der Waals surface area contributed by atoms with Crippen molar-refractivity contribution in [3.8, 4) is 0 Å². The van der Waals surface area contributed by atoms with E-state index < -0.39 is 0 Å². The molecule has 0 aliphatic rings. The zero-order valence-corrected chi connectivity index (χ0v) is 12.0. The highest BCUT2D eigenvalue weighted by Gasteiger charge is 1.99. The van der Waals surface area contributed by atoms with Gasteiger partial charge in [0.2, 0.25) is 0 Å². The molecule has 88 valence electrons. The van der Waals surface area contributed by atoms with Gasteiger partial charge in [-0.1, -0.05) is 65.7 Å². The number of halogens is 1. The highest BCUT2D eigenvalue weighted by molar-refractivity contribution is 9.09. The highest BCUT2D eigenvalue weighted by atomic mass is 79.9. The first-order valence-corrected chi connectivity index (χ1v) is 7.06. The van der Waals surface area contributed by atoms with E-state index >= 15 is 0 Å². The predicted octanol–water partition coefficient (Wildman–Crippen LogP) is 5.08. The van der Waals surface area contributed by atoms with Gasteiger partial charge in [0.25, 0.3) is 0 Å². The molecule has 16 heavy (non-hydrogen) atoms. The summed E-state index contributed by atoms with van der Waals surface area (Å²) in [5.74, 6) is 0.624. The first-order chi connectivity index (χ1) is 7.63. The molecule has 0 bridgehead atoms. The van der Waals surface area contributed by atoms with Crippen LogP contribution in [0.3, 0.4) is 0 Å². The van der Waals surface area contributed by atoms with Crippen LogP contribution >= 0.6 is 15.9 Å². The summed E-state index contributed by atoms with van der Waals surface area (Å²) >= 11 is 3.44. The van der Waals surface area contributed by atoms with Crippen LogP contribution in [0.1, 0.15) is 44.2 Å². The van der Waals surface area contributed by atoms with Crippen molar-refractivity contribution < 1.29 is 0 Å². The number of hydrogen-bond acceptors (Lipinski definition) is 0. The van der Waals surface area contributed by atoms with E-state index in [4.69, 9.17) is 0 Å². The van der Waals surface area contributed by atoms with Crippen molar-refractivity contribution in [3.63, 3.8) is 0 Å². The van der Waals surface area contributed by atoms with E-state index in [-0.39, 0.29) is 0 Å². The summed E-state index contributed by atoms with van der Waals surface area (Å²) in [4.78, 5) is 0. The summed E-state index contributed by atoms with van der Waals surface area (Å²) in [5.41, 5.74) is 4.29. The Morgan fingerprint density at radius 1 is 1.25 bits per heavy atom. The number of rotatable bonds is 5. The number of allylic oxidation sites excluding steroid dienone is 2. The summed E-state index contributed by atoms with van der Waals surface area (Å²) in [5, 5.41) is 1.05. The molecule has 1 heteroatoms. The Kier molecular flexibility index (Phi) is 5.83. The fourth-order valence-electron chi connectivity index (χ4n) is 1.72. The molecule has 0 spiro atoms. The van der Waals surface area contributed by atoms with E-state index in [1.165, 1.54) is 16.7 Å². The van der Waals surface area contributed by atoms with Gasteiger partial charge in [0, 0.05) is 5.33 Å². The normalized spacial score (nSPS) is 12.2. The number of alkyl halides is 1. The summed E-state index contributed by atoms with van der Waals surface area (Å²) < 4.78 is 0.